The lowest BCUT2D eigenvalue weighted by molar-refractivity contribution is -0.132. The van der Waals surface area contributed by atoms with Crippen molar-refractivity contribution in [2.75, 3.05) is 32.7 Å². The maximum atomic E-state index is 12.0. The van der Waals surface area contributed by atoms with Crippen LogP contribution < -0.4 is 0 Å². The summed E-state index contributed by atoms with van der Waals surface area (Å²) in [5.74, 6) is 0.537. The molecule has 1 heterocycles. The van der Waals surface area contributed by atoms with Crippen LogP contribution in [0.4, 0.5) is 0 Å². The van der Waals surface area contributed by atoms with Crippen molar-refractivity contribution in [1.29, 1.82) is 0 Å². The van der Waals surface area contributed by atoms with E-state index in [1.807, 2.05) is 25.7 Å². The first-order valence-corrected chi connectivity index (χ1v) is 6.76. The van der Waals surface area contributed by atoms with Crippen molar-refractivity contribution in [3.05, 3.63) is 0 Å². The Balaban J connectivity index is 2.43. The van der Waals surface area contributed by atoms with Gasteiger partial charge in [-0.2, -0.15) is 0 Å². The number of nitrogens with zero attached hydrogens (tertiary/aromatic N) is 2. The number of likely N-dealkylation sites (tertiary alicyclic amines) is 1. The Labute approximate surface area is 105 Å². The first-order valence-electron chi connectivity index (χ1n) is 6.76. The third kappa shape index (κ3) is 4.28. The smallest absolute Gasteiger partial charge is 0.236 e. The molecular formula is C13H26N2O2. The summed E-state index contributed by atoms with van der Waals surface area (Å²) in [5, 5.41) is 9.61. The molecule has 100 valence electrons. The van der Waals surface area contributed by atoms with Gasteiger partial charge in [0.2, 0.25) is 5.91 Å². The number of hydrogen-bond donors (Lipinski definition) is 1. The van der Waals surface area contributed by atoms with Gasteiger partial charge < -0.3 is 10.0 Å². The Bertz CT molecular complexity index is 240. The molecule has 1 amide bonds. The van der Waals surface area contributed by atoms with Gasteiger partial charge in [-0.05, 0) is 46.1 Å². The van der Waals surface area contributed by atoms with Crippen molar-refractivity contribution in [2.24, 2.45) is 5.92 Å². The Morgan fingerprint density at radius 1 is 1.47 bits per heavy atom. The number of amides is 1. The van der Waals surface area contributed by atoms with Gasteiger partial charge in [0, 0.05) is 19.6 Å². The third-order valence-electron chi connectivity index (χ3n) is 3.70. The fraction of sp³-hybridized carbons (Fsp3) is 0.923. The Kier molecular flexibility index (Phi) is 5.92. The van der Waals surface area contributed by atoms with Crippen LogP contribution in [0.3, 0.4) is 0 Å². The lowest BCUT2D eigenvalue weighted by atomic mass is 9.93. The number of hydrogen-bond acceptors (Lipinski definition) is 3. The van der Waals surface area contributed by atoms with Crippen LogP contribution in [0.1, 0.15) is 33.6 Å². The predicted octanol–water partition coefficient (Wildman–Crippen LogP) is 0.948. The van der Waals surface area contributed by atoms with Crippen LogP contribution in [-0.2, 0) is 4.79 Å². The Hall–Kier alpha value is -0.610. The van der Waals surface area contributed by atoms with Crippen molar-refractivity contribution >= 4 is 5.91 Å². The number of aliphatic hydroxyl groups is 1. The number of rotatable bonds is 5. The highest BCUT2D eigenvalue weighted by molar-refractivity contribution is 5.78. The minimum Gasteiger partial charge on any atom is -0.393 e. The molecule has 0 aromatic carbocycles. The van der Waals surface area contributed by atoms with Crippen molar-refractivity contribution in [1.82, 2.24) is 9.80 Å². The second-order valence-corrected chi connectivity index (χ2v) is 4.94. The summed E-state index contributed by atoms with van der Waals surface area (Å²) in [6, 6.07) is 0. The minimum absolute atomic E-state index is 0.209. The van der Waals surface area contributed by atoms with Gasteiger partial charge in [-0.15, -0.1) is 0 Å². The molecule has 17 heavy (non-hydrogen) atoms. The molecule has 1 aliphatic heterocycles. The highest BCUT2D eigenvalue weighted by Gasteiger charge is 2.25. The molecular weight excluding hydrogens is 216 g/mol. The summed E-state index contributed by atoms with van der Waals surface area (Å²) < 4.78 is 0. The second kappa shape index (κ2) is 6.97. The zero-order valence-corrected chi connectivity index (χ0v) is 11.4. The zero-order chi connectivity index (χ0) is 12.8. The zero-order valence-electron chi connectivity index (χ0n) is 11.4. The normalized spacial score (nSPS) is 23.4. The molecule has 2 unspecified atom stereocenters. The molecule has 0 aromatic heterocycles. The van der Waals surface area contributed by atoms with Crippen LogP contribution in [0, 0.1) is 5.92 Å². The number of carbonyl (C=O) groups excluding carboxylic acids is 1. The van der Waals surface area contributed by atoms with Crippen LogP contribution in [0.2, 0.25) is 0 Å². The van der Waals surface area contributed by atoms with E-state index in [2.05, 4.69) is 4.90 Å². The molecule has 4 heteroatoms. The molecule has 1 saturated heterocycles. The highest BCUT2D eigenvalue weighted by atomic mass is 16.3. The van der Waals surface area contributed by atoms with Crippen molar-refractivity contribution in [3.63, 3.8) is 0 Å². The van der Waals surface area contributed by atoms with Crippen LogP contribution in [0.25, 0.3) is 0 Å². The monoisotopic (exact) mass is 242 g/mol. The molecule has 1 N–H and O–H groups in total. The Morgan fingerprint density at radius 2 is 2.12 bits per heavy atom. The van der Waals surface area contributed by atoms with Gasteiger partial charge in [-0.3, -0.25) is 9.69 Å². The lowest BCUT2D eigenvalue weighted by Crippen LogP contribution is -2.45. The maximum absolute atomic E-state index is 12.0. The summed E-state index contributed by atoms with van der Waals surface area (Å²) in [7, 11) is 0. The largest absolute Gasteiger partial charge is 0.393 e. The third-order valence-corrected chi connectivity index (χ3v) is 3.70. The molecule has 4 nitrogen and oxygen atoms in total. The van der Waals surface area contributed by atoms with E-state index in [-0.39, 0.29) is 12.0 Å². The van der Waals surface area contributed by atoms with Gasteiger partial charge in [-0.1, -0.05) is 0 Å². The minimum atomic E-state index is -0.263. The summed E-state index contributed by atoms with van der Waals surface area (Å²) in [5.41, 5.74) is 0. The number of carbonyl (C=O) groups is 1. The van der Waals surface area contributed by atoms with Crippen molar-refractivity contribution in [3.8, 4) is 0 Å². The van der Waals surface area contributed by atoms with Crippen LogP contribution >= 0.6 is 0 Å². The van der Waals surface area contributed by atoms with E-state index in [4.69, 9.17) is 0 Å². The summed E-state index contributed by atoms with van der Waals surface area (Å²) in [6.45, 7) is 9.77. The number of aliphatic hydroxyl groups excluding tert-OH is 1. The summed E-state index contributed by atoms with van der Waals surface area (Å²) >= 11 is 0. The van der Waals surface area contributed by atoms with Gasteiger partial charge in [0.25, 0.3) is 0 Å². The van der Waals surface area contributed by atoms with Gasteiger partial charge in [0.05, 0.1) is 12.6 Å². The summed E-state index contributed by atoms with van der Waals surface area (Å²) in [6.07, 6.45) is 1.90. The van der Waals surface area contributed by atoms with Crippen LogP contribution in [0.15, 0.2) is 0 Å². The first kappa shape index (κ1) is 14.5. The van der Waals surface area contributed by atoms with E-state index in [0.29, 0.717) is 12.5 Å². The average Bonchev–Trinajstić information content (AvgIpc) is 2.30. The second-order valence-electron chi connectivity index (χ2n) is 4.94. The highest BCUT2D eigenvalue weighted by Crippen LogP contribution is 2.19. The molecule has 2 atom stereocenters. The molecule has 0 saturated carbocycles. The van der Waals surface area contributed by atoms with E-state index in [1.54, 1.807) is 0 Å². The van der Waals surface area contributed by atoms with E-state index >= 15 is 0 Å². The van der Waals surface area contributed by atoms with Crippen LogP contribution in [0.5, 0.6) is 0 Å². The molecule has 0 radical (unpaired) electrons. The molecule has 0 spiro atoms. The van der Waals surface area contributed by atoms with E-state index in [1.165, 1.54) is 0 Å². The van der Waals surface area contributed by atoms with Crippen molar-refractivity contribution in [2.45, 2.75) is 39.7 Å². The molecule has 0 aromatic rings. The molecule has 1 fully saturated rings. The first-order chi connectivity index (χ1) is 8.08. The molecule has 1 rings (SSSR count). The number of likely N-dealkylation sites (N-methyl/N-ethyl adjacent to an activating group) is 1. The number of piperidine rings is 1. The summed E-state index contributed by atoms with van der Waals surface area (Å²) in [4.78, 5) is 16.0. The standard InChI is InChI=1S/C13H26N2O2/c1-4-15(5-2)13(17)10-14-8-6-7-12(9-14)11(3)16/h11-12,16H,4-10H2,1-3H3. The topological polar surface area (TPSA) is 43.8 Å². The van der Waals surface area contributed by atoms with Gasteiger partial charge in [0.15, 0.2) is 0 Å². The van der Waals surface area contributed by atoms with E-state index < -0.39 is 0 Å². The Morgan fingerprint density at radius 3 is 2.65 bits per heavy atom. The average molecular weight is 242 g/mol. The quantitative estimate of drug-likeness (QED) is 0.780. The van der Waals surface area contributed by atoms with E-state index in [0.717, 1.165) is 39.0 Å². The van der Waals surface area contributed by atoms with Crippen LogP contribution in [-0.4, -0.2) is 59.6 Å². The fourth-order valence-electron chi connectivity index (χ4n) is 2.50. The van der Waals surface area contributed by atoms with E-state index in [9.17, 15) is 9.90 Å². The molecule has 1 aliphatic rings. The van der Waals surface area contributed by atoms with Crippen molar-refractivity contribution < 1.29 is 9.90 Å². The van der Waals surface area contributed by atoms with Gasteiger partial charge in [0.1, 0.15) is 0 Å². The predicted molar refractivity (Wildman–Crippen MR) is 68.8 cm³/mol. The lowest BCUT2D eigenvalue weighted by Gasteiger charge is -2.34. The fourth-order valence-corrected chi connectivity index (χ4v) is 2.50. The van der Waals surface area contributed by atoms with Gasteiger partial charge in [-0.25, -0.2) is 0 Å². The SMILES string of the molecule is CCN(CC)C(=O)CN1CCCC(C(C)O)C1. The molecule has 0 aliphatic carbocycles. The molecule has 0 bridgehead atoms. The van der Waals surface area contributed by atoms with Gasteiger partial charge >= 0.3 is 0 Å². The maximum Gasteiger partial charge on any atom is 0.236 e.